The molecule has 0 atom stereocenters. The van der Waals surface area contributed by atoms with Gasteiger partial charge < -0.3 is 5.32 Å². The minimum Gasteiger partial charge on any atom is -0.347 e. The molecule has 3 heterocycles. The second-order valence-electron chi connectivity index (χ2n) is 5.46. The van der Waals surface area contributed by atoms with E-state index in [0.29, 0.717) is 17.9 Å². The van der Waals surface area contributed by atoms with Crippen LogP contribution in [0.5, 0.6) is 0 Å². The van der Waals surface area contributed by atoms with Crippen molar-refractivity contribution in [1.29, 1.82) is 0 Å². The lowest BCUT2D eigenvalue weighted by Crippen LogP contribution is -2.23. The summed E-state index contributed by atoms with van der Waals surface area (Å²) in [6.45, 7) is 4.49. The monoisotopic (exact) mass is 340 g/mol. The Morgan fingerprint density at radius 2 is 2.04 bits per heavy atom. The lowest BCUT2D eigenvalue weighted by atomic mass is 10.1. The molecule has 0 saturated heterocycles. The van der Waals surface area contributed by atoms with E-state index in [-0.39, 0.29) is 11.8 Å². The Labute approximate surface area is 143 Å². The summed E-state index contributed by atoms with van der Waals surface area (Å²) >= 11 is 1.30. The molecule has 0 spiro atoms. The van der Waals surface area contributed by atoms with E-state index in [1.807, 2.05) is 26.0 Å². The van der Waals surface area contributed by atoms with Crippen LogP contribution in [-0.4, -0.2) is 30.4 Å². The Morgan fingerprint density at radius 3 is 2.71 bits per heavy atom. The number of aromatic nitrogens is 5. The van der Waals surface area contributed by atoms with Crippen LogP contribution >= 0.6 is 11.5 Å². The third kappa shape index (κ3) is 3.60. The number of hydrogen-bond donors (Lipinski definition) is 1. The van der Waals surface area contributed by atoms with Gasteiger partial charge in [-0.2, -0.15) is 0 Å². The fourth-order valence-electron chi connectivity index (χ4n) is 2.13. The first-order valence-electron chi connectivity index (χ1n) is 7.47. The predicted octanol–water partition coefficient (Wildman–Crippen LogP) is 2.44. The molecule has 1 amide bonds. The topological polar surface area (TPSA) is 93.6 Å². The van der Waals surface area contributed by atoms with Crippen LogP contribution in [0.1, 0.15) is 40.7 Å². The van der Waals surface area contributed by atoms with Crippen LogP contribution in [0.2, 0.25) is 0 Å². The Hall–Kier alpha value is -2.74. The molecule has 0 radical (unpaired) electrons. The zero-order valence-electron chi connectivity index (χ0n) is 13.3. The van der Waals surface area contributed by atoms with E-state index in [1.54, 1.807) is 12.4 Å². The maximum atomic E-state index is 12.2. The van der Waals surface area contributed by atoms with E-state index in [0.717, 1.165) is 16.1 Å². The second-order valence-corrected chi connectivity index (χ2v) is 6.29. The molecule has 24 heavy (non-hydrogen) atoms. The van der Waals surface area contributed by atoms with Crippen LogP contribution < -0.4 is 5.32 Å². The number of carbonyl (C=O) groups excluding carboxylic acids is 1. The Kier molecular flexibility index (Phi) is 4.85. The van der Waals surface area contributed by atoms with E-state index < -0.39 is 0 Å². The molecule has 0 aliphatic heterocycles. The fraction of sp³-hybridized carbons (Fsp3) is 0.250. The average Bonchev–Trinajstić information content (AvgIpc) is 3.09. The molecule has 3 aromatic rings. The van der Waals surface area contributed by atoms with Gasteiger partial charge in [0.1, 0.15) is 0 Å². The average molecular weight is 340 g/mol. The Morgan fingerprint density at radius 1 is 1.25 bits per heavy atom. The highest BCUT2D eigenvalue weighted by Gasteiger charge is 2.14. The van der Waals surface area contributed by atoms with Crippen molar-refractivity contribution < 1.29 is 4.79 Å². The maximum Gasteiger partial charge on any atom is 0.254 e. The molecule has 0 unspecified atom stereocenters. The van der Waals surface area contributed by atoms with Crippen molar-refractivity contribution in [1.82, 2.24) is 29.9 Å². The number of pyridine rings is 1. The van der Waals surface area contributed by atoms with Crippen molar-refractivity contribution in [2.24, 2.45) is 0 Å². The van der Waals surface area contributed by atoms with Crippen LogP contribution in [0.15, 0.2) is 36.9 Å². The SMILES string of the molecule is CC(C)c1nnsc1CNC(=O)c1cnc(-c2cccnc2)nc1. The van der Waals surface area contributed by atoms with Crippen LogP contribution in [0.3, 0.4) is 0 Å². The Bertz CT molecular complexity index is 816. The third-order valence-corrected chi connectivity index (χ3v) is 4.11. The molecule has 3 aromatic heterocycles. The molecule has 0 aliphatic carbocycles. The first-order valence-corrected chi connectivity index (χ1v) is 8.24. The van der Waals surface area contributed by atoms with E-state index in [4.69, 9.17) is 0 Å². The molecular weight excluding hydrogens is 324 g/mol. The van der Waals surface area contributed by atoms with E-state index in [2.05, 4.69) is 29.9 Å². The summed E-state index contributed by atoms with van der Waals surface area (Å²) in [5.74, 6) is 0.585. The zero-order valence-corrected chi connectivity index (χ0v) is 14.1. The molecule has 0 saturated carbocycles. The predicted molar refractivity (Wildman–Crippen MR) is 90.4 cm³/mol. The highest BCUT2D eigenvalue weighted by Crippen LogP contribution is 2.19. The minimum atomic E-state index is -0.226. The molecule has 0 bridgehead atoms. The van der Waals surface area contributed by atoms with Gasteiger partial charge in [0.2, 0.25) is 0 Å². The first-order chi connectivity index (χ1) is 11.6. The van der Waals surface area contributed by atoms with E-state index in [1.165, 1.54) is 23.9 Å². The minimum absolute atomic E-state index is 0.226. The van der Waals surface area contributed by atoms with Crippen LogP contribution in [-0.2, 0) is 6.54 Å². The molecule has 1 N–H and O–H groups in total. The molecule has 122 valence electrons. The normalized spacial score (nSPS) is 10.8. The van der Waals surface area contributed by atoms with Crippen LogP contribution in [0.25, 0.3) is 11.4 Å². The lowest BCUT2D eigenvalue weighted by Gasteiger charge is -2.06. The summed E-state index contributed by atoms with van der Waals surface area (Å²) in [7, 11) is 0. The van der Waals surface area contributed by atoms with Gasteiger partial charge in [-0.05, 0) is 29.6 Å². The summed E-state index contributed by atoms with van der Waals surface area (Å²) in [6, 6.07) is 3.68. The molecule has 0 fully saturated rings. The fourth-order valence-corrected chi connectivity index (χ4v) is 2.86. The van der Waals surface area contributed by atoms with Gasteiger partial charge in [-0.15, -0.1) is 5.10 Å². The zero-order chi connectivity index (χ0) is 16.9. The summed E-state index contributed by atoms with van der Waals surface area (Å²) < 4.78 is 3.95. The van der Waals surface area contributed by atoms with Crippen molar-refractivity contribution in [3.63, 3.8) is 0 Å². The molecule has 8 heteroatoms. The molecule has 0 aliphatic rings. The molecule has 0 aromatic carbocycles. The maximum absolute atomic E-state index is 12.2. The highest BCUT2D eigenvalue weighted by molar-refractivity contribution is 7.05. The van der Waals surface area contributed by atoms with Crippen LogP contribution in [0, 0.1) is 0 Å². The van der Waals surface area contributed by atoms with E-state index in [9.17, 15) is 4.79 Å². The van der Waals surface area contributed by atoms with E-state index >= 15 is 0 Å². The lowest BCUT2D eigenvalue weighted by molar-refractivity contribution is 0.0950. The summed E-state index contributed by atoms with van der Waals surface area (Å²) in [5.41, 5.74) is 2.14. The largest absolute Gasteiger partial charge is 0.347 e. The quantitative estimate of drug-likeness (QED) is 0.767. The number of carbonyl (C=O) groups is 1. The van der Waals surface area contributed by atoms with Crippen molar-refractivity contribution in [3.05, 3.63) is 53.1 Å². The molecule has 7 nitrogen and oxygen atoms in total. The summed E-state index contributed by atoms with van der Waals surface area (Å²) in [6.07, 6.45) is 6.39. The van der Waals surface area contributed by atoms with Gasteiger partial charge in [-0.25, -0.2) is 9.97 Å². The van der Waals surface area contributed by atoms with Gasteiger partial charge in [0.25, 0.3) is 5.91 Å². The van der Waals surface area contributed by atoms with Crippen molar-refractivity contribution in [2.75, 3.05) is 0 Å². The van der Waals surface area contributed by atoms with Crippen molar-refractivity contribution >= 4 is 17.4 Å². The van der Waals surface area contributed by atoms with Gasteiger partial charge in [0.15, 0.2) is 5.82 Å². The van der Waals surface area contributed by atoms with Crippen molar-refractivity contribution in [2.45, 2.75) is 26.3 Å². The van der Waals surface area contributed by atoms with Gasteiger partial charge >= 0.3 is 0 Å². The standard InChI is InChI=1S/C16H16N6OS/c1-10(2)14-13(24-22-21-14)9-20-16(23)12-7-18-15(19-8-12)11-4-3-5-17-6-11/h3-8,10H,9H2,1-2H3,(H,20,23). The van der Waals surface area contributed by atoms with Gasteiger partial charge in [0, 0.05) is 30.4 Å². The second kappa shape index (κ2) is 7.22. The Balaban J connectivity index is 1.66. The number of nitrogens with one attached hydrogen (secondary N) is 1. The molecule has 3 rings (SSSR count). The van der Waals surface area contributed by atoms with Gasteiger partial charge in [0.05, 0.1) is 22.7 Å². The number of amides is 1. The third-order valence-electron chi connectivity index (χ3n) is 3.38. The number of nitrogens with zero attached hydrogens (tertiary/aromatic N) is 5. The van der Waals surface area contributed by atoms with Crippen molar-refractivity contribution in [3.8, 4) is 11.4 Å². The number of hydrogen-bond acceptors (Lipinski definition) is 7. The first kappa shape index (κ1) is 16.1. The van der Waals surface area contributed by atoms with Gasteiger partial charge in [-0.3, -0.25) is 9.78 Å². The van der Waals surface area contributed by atoms with Crippen LogP contribution in [0.4, 0.5) is 0 Å². The summed E-state index contributed by atoms with van der Waals surface area (Å²) in [4.78, 5) is 25.7. The highest BCUT2D eigenvalue weighted by atomic mass is 32.1. The molecular formula is C16H16N6OS. The van der Waals surface area contributed by atoms with Gasteiger partial charge in [-0.1, -0.05) is 18.3 Å². The smallest absolute Gasteiger partial charge is 0.254 e. The summed E-state index contributed by atoms with van der Waals surface area (Å²) in [5, 5.41) is 6.95. The number of rotatable bonds is 5.